The first kappa shape index (κ1) is 21.7. The summed E-state index contributed by atoms with van der Waals surface area (Å²) >= 11 is 0. The zero-order chi connectivity index (χ0) is 17.6. The van der Waals surface area contributed by atoms with Crippen LogP contribution in [0.25, 0.3) is 5.82 Å². The first-order chi connectivity index (χ1) is 12.0. The van der Waals surface area contributed by atoms with Gasteiger partial charge in [0.05, 0.1) is 11.3 Å². The van der Waals surface area contributed by atoms with Crippen molar-refractivity contribution >= 4 is 30.7 Å². The van der Waals surface area contributed by atoms with Crippen LogP contribution >= 0.6 is 24.8 Å². The molecule has 0 aliphatic carbocycles. The number of amides is 1. The van der Waals surface area contributed by atoms with Crippen LogP contribution in [0.1, 0.15) is 47.4 Å². The SMILES string of the molecule is Cc1cc(C)n(-c2ccc(C(=O)N(C)C3CC4CCC(C3)N4)cn2)n1.Cl.Cl. The zero-order valence-corrected chi connectivity index (χ0v) is 17.5. The van der Waals surface area contributed by atoms with Crippen LogP contribution < -0.4 is 5.32 Å². The minimum Gasteiger partial charge on any atom is -0.339 e. The summed E-state index contributed by atoms with van der Waals surface area (Å²) in [6.45, 7) is 3.96. The van der Waals surface area contributed by atoms with Crippen LogP contribution in [-0.2, 0) is 0 Å². The number of carbonyl (C=O) groups excluding carboxylic acids is 1. The third-order valence-electron chi connectivity index (χ3n) is 5.54. The molecule has 148 valence electrons. The van der Waals surface area contributed by atoms with Crippen LogP contribution in [0.3, 0.4) is 0 Å². The second-order valence-corrected chi connectivity index (χ2v) is 7.42. The van der Waals surface area contributed by atoms with Gasteiger partial charge in [-0.25, -0.2) is 9.67 Å². The largest absolute Gasteiger partial charge is 0.339 e. The molecule has 0 saturated carbocycles. The van der Waals surface area contributed by atoms with E-state index in [1.807, 2.05) is 44.0 Å². The van der Waals surface area contributed by atoms with Crippen molar-refractivity contribution in [3.05, 3.63) is 41.3 Å². The molecular weight excluding hydrogens is 385 g/mol. The van der Waals surface area contributed by atoms with Gasteiger partial charge < -0.3 is 10.2 Å². The quantitative estimate of drug-likeness (QED) is 0.842. The summed E-state index contributed by atoms with van der Waals surface area (Å²) in [7, 11) is 1.92. The summed E-state index contributed by atoms with van der Waals surface area (Å²) in [5.41, 5.74) is 2.63. The Morgan fingerprint density at radius 1 is 1.19 bits per heavy atom. The highest BCUT2D eigenvalue weighted by atomic mass is 35.5. The van der Waals surface area contributed by atoms with Gasteiger partial charge in [0.25, 0.3) is 5.91 Å². The smallest absolute Gasteiger partial charge is 0.255 e. The van der Waals surface area contributed by atoms with Crippen LogP contribution in [-0.4, -0.2) is 50.7 Å². The van der Waals surface area contributed by atoms with Crippen molar-refractivity contribution in [3.8, 4) is 5.82 Å². The van der Waals surface area contributed by atoms with Crippen molar-refractivity contribution in [3.63, 3.8) is 0 Å². The summed E-state index contributed by atoms with van der Waals surface area (Å²) < 4.78 is 1.80. The molecule has 8 heteroatoms. The number of rotatable bonds is 3. The Bertz CT molecular complexity index is 780. The van der Waals surface area contributed by atoms with E-state index in [0.717, 1.165) is 30.0 Å². The Morgan fingerprint density at radius 3 is 2.37 bits per heavy atom. The van der Waals surface area contributed by atoms with E-state index in [2.05, 4.69) is 15.4 Å². The maximum atomic E-state index is 12.8. The summed E-state index contributed by atoms with van der Waals surface area (Å²) in [6.07, 6.45) is 6.25. The van der Waals surface area contributed by atoms with E-state index < -0.39 is 0 Å². The third kappa shape index (κ3) is 4.28. The predicted octanol–water partition coefficient (Wildman–Crippen LogP) is 3.08. The highest BCUT2D eigenvalue weighted by Crippen LogP contribution is 2.29. The van der Waals surface area contributed by atoms with E-state index >= 15 is 0 Å². The number of aryl methyl sites for hydroxylation is 2. The van der Waals surface area contributed by atoms with E-state index in [-0.39, 0.29) is 30.7 Å². The number of carbonyl (C=O) groups is 1. The molecular formula is C19H27Cl2N5O. The highest BCUT2D eigenvalue weighted by molar-refractivity contribution is 5.94. The maximum Gasteiger partial charge on any atom is 0.255 e. The van der Waals surface area contributed by atoms with Crippen molar-refractivity contribution in [1.82, 2.24) is 25.0 Å². The molecule has 0 radical (unpaired) electrons. The lowest BCUT2D eigenvalue weighted by Crippen LogP contribution is -2.48. The lowest BCUT2D eigenvalue weighted by atomic mass is 9.98. The predicted molar refractivity (Wildman–Crippen MR) is 110 cm³/mol. The third-order valence-corrected chi connectivity index (χ3v) is 5.54. The fraction of sp³-hybridized carbons (Fsp3) is 0.526. The number of halogens is 2. The van der Waals surface area contributed by atoms with Gasteiger partial charge in [-0.2, -0.15) is 5.10 Å². The molecule has 2 atom stereocenters. The summed E-state index contributed by atoms with van der Waals surface area (Å²) in [4.78, 5) is 19.2. The average Bonchev–Trinajstić information content (AvgIpc) is 3.14. The van der Waals surface area contributed by atoms with E-state index in [1.165, 1.54) is 12.8 Å². The van der Waals surface area contributed by atoms with Gasteiger partial charge in [0.15, 0.2) is 5.82 Å². The van der Waals surface area contributed by atoms with Gasteiger partial charge >= 0.3 is 0 Å². The molecule has 2 unspecified atom stereocenters. The first-order valence-electron chi connectivity index (χ1n) is 9.04. The number of hydrogen-bond donors (Lipinski definition) is 1. The normalized spacial score (nSPS) is 23.3. The Morgan fingerprint density at radius 2 is 1.85 bits per heavy atom. The van der Waals surface area contributed by atoms with Gasteiger partial charge in [-0.15, -0.1) is 24.8 Å². The van der Waals surface area contributed by atoms with Crippen LogP contribution in [0.4, 0.5) is 0 Å². The molecule has 2 saturated heterocycles. The molecule has 2 bridgehead atoms. The molecule has 2 aliphatic rings. The number of piperidine rings is 1. The fourth-order valence-electron chi connectivity index (χ4n) is 4.21. The van der Waals surface area contributed by atoms with Crippen LogP contribution in [0.15, 0.2) is 24.4 Å². The van der Waals surface area contributed by atoms with Crippen molar-refractivity contribution in [2.75, 3.05) is 7.05 Å². The minimum absolute atomic E-state index is 0. The van der Waals surface area contributed by atoms with Crippen molar-refractivity contribution in [2.24, 2.45) is 0 Å². The van der Waals surface area contributed by atoms with E-state index in [0.29, 0.717) is 23.7 Å². The average molecular weight is 412 g/mol. The Hall–Kier alpha value is -1.63. The van der Waals surface area contributed by atoms with Crippen molar-refractivity contribution in [1.29, 1.82) is 0 Å². The number of pyridine rings is 1. The van der Waals surface area contributed by atoms with Crippen LogP contribution in [0.2, 0.25) is 0 Å². The maximum absolute atomic E-state index is 12.8. The van der Waals surface area contributed by atoms with Gasteiger partial charge in [-0.05, 0) is 57.7 Å². The van der Waals surface area contributed by atoms with Gasteiger partial charge in [0.2, 0.25) is 0 Å². The van der Waals surface area contributed by atoms with E-state index in [1.54, 1.807) is 10.9 Å². The van der Waals surface area contributed by atoms with Crippen molar-refractivity contribution < 1.29 is 4.79 Å². The topological polar surface area (TPSA) is 63.1 Å². The molecule has 2 aromatic rings. The Balaban J connectivity index is 0.00000131. The molecule has 4 heterocycles. The Labute approximate surface area is 172 Å². The number of aromatic nitrogens is 3. The number of nitrogens with zero attached hydrogens (tertiary/aromatic N) is 4. The molecule has 2 aliphatic heterocycles. The van der Waals surface area contributed by atoms with Gasteiger partial charge in [-0.1, -0.05) is 0 Å². The monoisotopic (exact) mass is 411 g/mol. The van der Waals surface area contributed by atoms with Gasteiger partial charge in [-0.3, -0.25) is 4.79 Å². The van der Waals surface area contributed by atoms with Crippen molar-refractivity contribution in [2.45, 2.75) is 57.7 Å². The molecule has 0 aromatic carbocycles. The first-order valence-corrected chi connectivity index (χ1v) is 9.04. The van der Waals surface area contributed by atoms with Crippen LogP contribution in [0, 0.1) is 13.8 Å². The fourth-order valence-corrected chi connectivity index (χ4v) is 4.21. The standard InChI is InChI=1S/C19H25N5O.2ClH/c1-12-8-13(2)24(22-12)18-7-4-14(11-20-18)19(25)23(3)17-9-15-5-6-16(10-17)21-15;;/h4,7-8,11,15-17,21H,5-6,9-10H2,1-3H3;2*1H. The molecule has 1 N–H and O–H groups in total. The second-order valence-electron chi connectivity index (χ2n) is 7.42. The number of hydrogen-bond acceptors (Lipinski definition) is 4. The minimum atomic E-state index is 0. The summed E-state index contributed by atoms with van der Waals surface area (Å²) in [6, 6.07) is 7.21. The molecule has 2 aromatic heterocycles. The van der Waals surface area contributed by atoms with Gasteiger partial charge in [0, 0.05) is 37.1 Å². The highest BCUT2D eigenvalue weighted by Gasteiger charge is 2.36. The molecule has 0 spiro atoms. The molecule has 6 nitrogen and oxygen atoms in total. The molecule has 1 amide bonds. The Kier molecular flexibility index (Phi) is 6.89. The second kappa shape index (κ2) is 8.59. The molecule has 4 rings (SSSR count). The lowest BCUT2D eigenvalue weighted by Gasteiger charge is -2.35. The molecule has 2 fully saturated rings. The van der Waals surface area contributed by atoms with Gasteiger partial charge in [0.1, 0.15) is 0 Å². The van der Waals surface area contributed by atoms with E-state index in [9.17, 15) is 4.79 Å². The lowest BCUT2D eigenvalue weighted by molar-refractivity contribution is 0.0681. The van der Waals surface area contributed by atoms with Crippen LogP contribution in [0.5, 0.6) is 0 Å². The zero-order valence-electron chi connectivity index (χ0n) is 15.9. The number of fused-ring (bicyclic) bond motifs is 2. The molecule has 27 heavy (non-hydrogen) atoms. The summed E-state index contributed by atoms with van der Waals surface area (Å²) in [5, 5.41) is 8.07. The summed E-state index contributed by atoms with van der Waals surface area (Å²) in [5.74, 6) is 0.795. The number of nitrogens with one attached hydrogen (secondary N) is 1. The van der Waals surface area contributed by atoms with E-state index in [4.69, 9.17) is 0 Å².